The summed E-state index contributed by atoms with van der Waals surface area (Å²) in [6, 6.07) is 1.92. The van der Waals surface area contributed by atoms with Gasteiger partial charge in [-0.15, -0.1) is 0 Å². The predicted molar refractivity (Wildman–Crippen MR) is 70.7 cm³/mol. The Morgan fingerprint density at radius 2 is 2.00 bits per heavy atom. The second-order valence-electron chi connectivity index (χ2n) is 6.12. The van der Waals surface area contributed by atoms with Crippen molar-refractivity contribution in [3.63, 3.8) is 0 Å². The highest BCUT2D eigenvalue weighted by atomic mass is 16.5. The number of hydrogen-bond acceptors (Lipinski definition) is 4. The molecule has 4 rings (SSSR count). The Bertz CT molecular complexity index is 351. The molecule has 3 heterocycles. The maximum absolute atomic E-state index is 5.96. The molecular weight excluding hydrogens is 226 g/mol. The SMILES string of the molecule is C1CCC2C(C1)NC1=NCCC(C3CCCO3)N12. The second-order valence-corrected chi connectivity index (χ2v) is 6.12. The Hall–Kier alpha value is -0.770. The third-order valence-electron chi connectivity index (χ3n) is 5.08. The molecule has 0 bridgehead atoms. The smallest absolute Gasteiger partial charge is 0.194 e. The summed E-state index contributed by atoms with van der Waals surface area (Å²) in [5.41, 5.74) is 0. The van der Waals surface area contributed by atoms with E-state index in [0.717, 1.165) is 13.2 Å². The van der Waals surface area contributed by atoms with Crippen molar-refractivity contribution >= 4 is 5.96 Å². The molecular formula is C14H23N3O. The topological polar surface area (TPSA) is 36.9 Å². The number of guanidine groups is 1. The Morgan fingerprint density at radius 1 is 1.06 bits per heavy atom. The minimum Gasteiger partial charge on any atom is -0.376 e. The largest absolute Gasteiger partial charge is 0.376 e. The number of fused-ring (bicyclic) bond motifs is 3. The van der Waals surface area contributed by atoms with Crippen LogP contribution in [-0.2, 0) is 4.74 Å². The zero-order valence-electron chi connectivity index (χ0n) is 11.0. The number of nitrogens with one attached hydrogen (secondary N) is 1. The van der Waals surface area contributed by atoms with Gasteiger partial charge in [-0.05, 0) is 32.1 Å². The first-order valence-corrected chi connectivity index (χ1v) is 7.64. The lowest BCUT2D eigenvalue weighted by atomic mass is 9.89. The van der Waals surface area contributed by atoms with E-state index in [1.165, 1.54) is 50.9 Å². The number of hydrogen-bond donors (Lipinski definition) is 1. The van der Waals surface area contributed by atoms with E-state index >= 15 is 0 Å². The standard InChI is InChI=1S/C14H23N3O/c1-2-5-11-10(4-1)16-14-15-8-7-12(17(11)14)13-6-3-9-18-13/h10-13H,1-9H2,(H,15,16). The highest BCUT2D eigenvalue weighted by Gasteiger charge is 2.46. The summed E-state index contributed by atoms with van der Waals surface area (Å²) in [7, 11) is 0. The Kier molecular flexibility index (Phi) is 2.71. The van der Waals surface area contributed by atoms with E-state index in [4.69, 9.17) is 9.73 Å². The van der Waals surface area contributed by atoms with E-state index in [0.29, 0.717) is 24.2 Å². The first-order chi connectivity index (χ1) is 8.93. The molecule has 4 unspecified atom stereocenters. The van der Waals surface area contributed by atoms with Gasteiger partial charge in [-0.2, -0.15) is 0 Å². The molecule has 1 saturated carbocycles. The molecule has 1 aliphatic carbocycles. The fraction of sp³-hybridized carbons (Fsp3) is 0.929. The van der Waals surface area contributed by atoms with E-state index < -0.39 is 0 Å². The molecule has 0 radical (unpaired) electrons. The van der Waals surface area contributed by atoms with Crippen LogP contribution in [0, 0.1) is 0 Å². The monoisotopic (exact) mass is 249 g/mol. The zero-order valence-corrected chi connectivity index (χ0v) is 11.0. The molecule has 4 aliphatic rings. The van der Waals surface area contributed by atoms with Gasteiger partial charge in [-0.25, -0.2) is 0 Å². The van der Waals surface area contributed by atoms with Crippen molar-refractivity contribution in [2.24, 2.45) is 4.99 Å². The van der Waals surface area contributed by atoms with Crippen molar-refractivity contribution in [1.29, 1.82) is 0 Å². The van der Waals surface area contributed by atoms with E-state index in [2.05, 4.69) is 10.2 Å². The molecule has 0 aromatic carbocycles. The predicted octanol–water partition coefficient (Wildman–Crippen LogP) is 1.51. The van der Waals surface area contributed by atoms with Crippen LogP contribution in [0.3, 0.4) is 0 Å². The van der Waals surface area contributed by atoms with Crippen LogP contribution in [-0.4, -0.2) is 48.2 Å². The van der Waals surface area contributed by atoms with Crippen LogP contribution in [0.25, 0.3) is 0 Å². The van der Waals surface area contributed by atoms with Crippen LogP contribution < -0.4 is 5.32 Å². The number of nitrogens with zero attached hydrogens (tertiary/aromatic N) is 2. The van der Waals surface area contributed by atoms with Gasteiger partial charge in [0.25, 0.3) is 0 Å². The maximum Gasteiger partial charge on any atom is 0.194 e. The van der Waals surface area contributed by atoms with Gasteiger partial charge in [0.1, 0.15) is 0 Å². The summed E-state index contributed by atoms with van der Waals surface area (Å²) >= 11 is 0. The molecule has 0 aromatic rings. The number of rotatable bonds is 1. The zero-order chi connectivity index (χ0) is 11.9. The fourth-order valence-corrected chi connectivity index (χ4v) is 4.25. The molecule has 4 nitrogen and oxygen atoms in total. The molecule has 4 atom stereocenters. The summed E-state index contributed by atoms with van der Waals surface area (Å²) in [6.07, 6.45) is 9.52. The van der Waals surface area contributed by atoms with Crippen LogP contribution in [0.2, 0.25) is 0 Å². The molecule has 18 heavy (non-hydrogen) atoms. The average Bonchev–Trinajstić information content (AvgIpc) is 3.05. The van der Waals surface area contributed by atoms with Gasteiger partial charge < -0.3 is 15.0 Å². The first kappa shape index (κ1) is 11.1. The molecule has 1 N–H and O–H groups in total. The summed E-state index contributed by atoms with van der Waals surface area (Å²) in [4.78, 5) is 7.31. The quantitative estimate of drug-likeness (QED) is 0.765. The number of aliphatic imine (C=N–C) groups is 1. The molecule has 100 valence electrons. The minimum absolute atomic E-state index is 0.456. The van der Waals surface area contributed by atoms with E-state index in [1.54, 1.807) is 0 Å². The van der Waals surface area contributed by atoms with Crippen LogP contribution in [0.15, 0.2) is 4.99 Å². The highest BCUT2D eigenvalue weighted by Crippen LogP contribution is 2.35. The van der Waals surface area contributed by atoms with Crippen molar-refractivity contribution in [2.45, 2.75) is 69.2 Å². The van der Waals surface area contributed by atoms with Crippen LogP contribution >= 0.6 is 0 Å². The molecule has 2 saturated heterocycles. The van der Waals surface area contributed by atoms with E-state index in [1.807, 2.05) is 0 Å². The van der Waals surface area contributed by atoms with Crippen molar-refractivity contribution in [1.82, 2.24) is 10.2 Å². The van der Waals surface area contributed by atoms with Crippen LogP contribution in [0.1, 0.15) is 44.9 Å². The molecule has 0 amide bonds. The van der Waals surface area contributed by atoms with Gasteiger partial charge in [-0.3, -0.25) is 4.99 Å². The summed E-state index contributed by atoms with van der Waals surface area (Å²) < 4.78 is 5.96. The molecule has 4 heteroatoms. The third-order valence-corrected chi connectivity index (χ3v) is 5.08. The number of ether oxygens (including phenoxy) is 1. The van der Waals surface area contributed by atoms with Crippen LogP contribution in [0.5, 0.6) is 0 Å². The van der Waals surface area contributed by atoms with Gasteiger partial charge in [-0.1, -0.05) is 12.8 Å². The van der Waals surface area contributed by atoms with E-state index in [9.17, 15) is 0 Å². The normalized spacial score (nSPS) is 43.1. The highest BCUT2D eigenvalue weighted by molar-refractivity contribution is 5.84. The maximum atomic E-state index is 5.96. The van der Waals surface area contributed by atoms with Gasteiger partial charge in [0.2, 0.25) is 0 Å². The summed E-state index contributed by atoms with van der Waals surface area (Å²) in [6.45, 7) is 1.94. The second kappa shape index (κ2) is 4.41. The Labute approximate surface area is 109 Å². The van der Waals surface area contributed by atoms with Crippen molar-refractivity contribution < 1.29 is 4.74 Å². The average molecular weight is 249 g/mol. The lowest BCUT2D eigenvalue weighted by Crippen LogP contribution is -2.52. The van der Waals surface area contributed by atoms with Crippen molar-refractivity contribution in [3.05, 3.63) is 0 Å². The third kappa shape index (κ3) is 1.65. The van der Waals surface area contributed by atoms with Gasteiger partial charge in [0, 0.05) is 19.2 Å². The van der Waals surface area contributed by atoms with Crippen LogP contribution in [0.4, 0.5) is 0 Å². The van der Waals surface area contributed by atoms with Gasteiger partial charge in [0.15, 0.2) is 5.96 Å². The fourth-order valence-electron chi connectivity index (χ4n) is 4.25. The molecule has 0 spiro atoms. The van der Waals surface area contributed by atoms with Crippen molar-refractivity contribution in [3.8, 4) is 0 Å². The van der Waals surface area contributed by atoms with Crippen molar-refractivity contribution in [2.75, 3.05) is 13.2 Å². The molecule has 0 aromatic heterocycles. The first-order valence-electron chi connectivity index (χ1n) is 7.64. The van der Waals surface area contributed by atoms with E-state index in [-0.39, 0.29) is 0 Å². The molecule has 3 aliphatic heterocycles. The summed E-state index contributed by atoms with van der Waals surface area (Å²) in [5.74, 6) is 1.18. The Morgan fingerprint density at radius 3 is 2.89 bits per heavy atom. The lowest BCUT2D eigenvalue weighted by Gasteiger charge is -2.40. The molecule has 3 fully saturated rings. The lowest BCUT2D eigenvalue weighted by molar-refractivity contribution is 0.0291. The summed E-state index contributed by atoms with van der Waals surface area (Å²) in [5, 5.41) is 3.67. The Balaban J connectivity index is 1.60. The van der Waals surface area contributed by atoms with Gasteiger partial charge in [0.05, 0.1) is 18.2 Å². The minimum atomic E-state index is 0.456. The van der Waals surface area contributed by atoms with Gasteiger partial charge >= 0.3 is 0 Å².